The minimum absolute atomic E-state index is 0.153. The number of benzene rings is 1. The number of halogens is 1. The summed E-state index contributed by atoms with van der Waals surface area (Å²) >= 11 is 3.41. The molecule has 0 saturated heterocycles. The van der Waals surface area contributed by atoms with Crippen LogP contribution in [0, 0.1) is 0 Å². The van der Waals surface area contributed by atoms with E-state index >= 15 is 0 Å². The van der Waals surface area contributed by atoms with E-state index in [9.17, 15) is 9.59 Å². The molecule has 1 aromatic rings. The van der Waals surface area contributed by atoms with Crippen LogP contribution in [-0.2, 0) is 16.0 Å². The predicted molar refractivity (Wildman–Crippen MR) is 94.1 cm³/mol. The Morgan fingerprint density at radius 2 is 1.83 bits per heavy atom. The predicted octanol–water partition coefficient (Wildman–Crippen LogP) is 3.51. The second-order valence-electron chi connectivity index (χ2n) is 5.31. The highest BCUT2D eigenvalue weighted by Crippen LogP contribution is 2.26. The quantitative estimate of drug-likeness (QED) is 0.505. The standard InChI is InChI=1S/C17H25BrN2O3/c1-3-5-6-7-8-16(21)19-20-17(22)12-23-15-10-9-13(4-2)11-14(15)18/h9-11H,3-8,12H2,1-2H3,(H,19,21)(H,20,22). The minimum Gasteiger partial charge on any atom is -0.483 e. The summed E-state index contributed by atoms with van der Waals surface area (Å²) in [5.41, 5.74) is 5.94. The second kappa shape index (κ2) is 11.0. The van der Waals surface area contributed by atoms with Crippen molar-refractivity contribution in [3.8, 4) is 5.75 Å². The molecule has 23 heavy (non-hydrogen) atoms. The largest absolute Gasteiger partial charge is 0.483 e. The first-order valence-electron chi connectivity index (χ1n) is 8.05. The van der Waals surface area contributed by atoms with Crippen molar-refractivity contribution in [2.24, 2.45) is 0 Å². The van der Waals surface area contributed by atoms with Crippen molar-refractivity contribution < 1.29 is 14.3 Å². The summed E-state index contributed by atoms with van der Waals surface area (Å²) in [4.78, 5) is 23.2. The minimum atomic E-state index is -0.390. The van der Waals surface area contributed by atoms with Gasteiger partial charge in [-0.2, -0.15) is 0 Å². The van der Waals surface area contributed by atoms with Crippen LogP contribution in [0.3, 0.4) is 0 Å². The maximum Gasteiger partial charge on any atom is 0.276 e. The molecule has 1 aromatic carbocycles. The van der Waals surface area contributed by atoms with Gasteiger partial charge in [-0.3, -0.25) is 20.4 Å². The molecule has 0 aliphatic rings. The third kappa shape index (κ3) is 8.02. The summed E-state index contributed by atoms with van der Waals surface area (Å²) in [7, 11) is 0. The van der Waals surface area contributed by atoms with E-state index in [1.54, 1.807) is 0 Å². The maximum absolute atomic E-state index is 11.7. The smallest absolute Gasteiger partial charge is 0.276 e. The van der Waals surface area contributed by atoms with Gasteiger partial charge in [-0.15, -0.1) is 0 Å². The van der Waals surface area contributed by atoms with Gasteiger partial charge in [0.25, 0.3) is 5.91 Å². The van der Waals surface area contributed by atoms with Gasteiger partial charge in [0.2, 0.25) is 5.91 Å². The third-order valence-electron chi connectivity index (χ3n) is 3.36. The molecule has 2 N–H and O–H groups in total. The fourth-order valence-corrected chi connectivity index (χ4v) is 2.52. The Morgan fingerprint density at radius 3 is 2.48 bits per heavy atom. The Kier molecular flexibility index (Phi) is 9.36. The number of amides is 2. The average molecular weight is 385 g/mol. The van der Waals surface area contributed by atoms with Crippen molar-refractivity contribution in [2.45, 2.75) is 52.4 Å². The Balaban J connectivity index is 2.25. The molecule has 0 heterocycles. The van der Waals surface area contributed by atoms with Gasteiger partial charge in [0.1, 0.15) is 5.75 Å². The molecule has 0 fully saturated rings. The van der Waals surface area contributed by atoms with Crippen molar-refractivity contribution in [2.75, 3.05) is 6.61 Å². The van der Waals surface area contributed by atoms with Gasteiger partial charge in [-0.05, 0) is 46.5 Å². The summed E-state index contributed by atoms with van der Waals surface area (Å²) in [5.74, 6) is 0.0320. The van der Waals surface area contributed by atoms with Gasteiger partial charge >= 0.3 is 0 Å². The van der Waals surface area contributed by atoms with E-state index < -0.39 is 5.91 Å². The van der Waals surface area contributed by atoms with Crippen molar-refractivity contribution >= 4 is 27.7 Å². The van der Waals surface area contributed by atoms with Crippen LogP contribution in [0.2, 0.25) is 0 Å². The number of hydrazine groups is 1. The van der Waals surface area contributed by atoms with Crippen LogP contribution in [0.5, 0.6) is 5.75 Å². The number of rotatable bonds is 9. The lowest BCUT2D eigenvalue weighted by Crippen LogP contribution is -2.43. The topological polar surface area (TPSA) is 67.4 Å². The number of nitrogens with one attached hydrogen (secondary N) is 2. The lowest BCUT2D eigenvalue weighted by Gasteiger charge is -2.10. The van der Waals surface area contributed by atoms with Gasteiger partial charge in [0, 0.05) is 6.42 Å². The molecule has 0 aliphatic carbocycles. The first kappa shape index (κ1) is 19.5. The van der Waals surface area contributed by atoms with Crippen LogP contribution >= 0.6 is 15.9 Å². The first-order chi connectivity index (χ1) is 11.1. The molecular weight excluding hydrogens is 360 g/mol. The fraction of sp³-hybridized carbons (Fsp3) is 0.529. The zero-order chi connectivity index (χ0) is 17.1. The normalized spacial score (nSPS) is 10.2. The number of aryl methyl sites for hydroxylation is 1. The molecule has 0 unspecified atom stereocenters. The van der Waals surface area contributed by atoms with E-state index in [0.29, 0.717) is 12.2 Å². The highest BCUT2D eigenvalue weighted by molar-refractivity contribution is 9.10. The zero-order valence-corrected chi connectivity index (χ0v) is 15.4. The van der Waals surface area contributed by atoms with Gasteiger partial charge in [0.15, 0.2) is 6.61 Å². The number of hydrogen-bond acceptors (Lipinski definition) is 3. The molecule has 128 valence electrons. The van der Waals surface area contributed by atoms with Gasteiger partial charge in [-0.25, -0.2) is 0 Å². The number of carbonyl (C=O) groups is 2. The van der Waals surface area contributed by atoms with Crippen molar-refractivity contribution in [3.05, 3.63) is 28.2 Å². The molecular formula is C17H25BrN2O3. The van der Waals surface area contributed by atoms with Crippen molar-refractivity contribution in [1.82, 2.24) is 10.9 Å². The molecule has 6 heteroatoms. The van der Waals surface area contributed by atoms with E-state index in [4.69, 9.17) is 4.74 Å². The molecule has 2 amide bonds. The first-order valence-corrected chi connectivity index (χ1v) is 8.85. The monoisotopic (exact) mass is 384 g/mol. The molecule has 5 nitrogen and oxygen atoms in total. The van der Waals surface area contributed by atoms with E-state index in [-0.39, 0.29) is 12.5 Å². The second-order valence-corrected chi connectivity index (χ2v) is 6.17. The summed E-state index contributed by atoms with van der Waals surface area (Å²) < 4.78 is 6.24. The molecule has 0 aromatic heterocycles. The van der Waals surface area contributed by atoms with Gasteiger partial charge in [-0.1, -0.05) is 39.2 Å². The fourth-order valence-electron chi connectivity index (χ4n) is 1.97. The Labute approximate surface area is 146 Å². The molecule has 1 rings (SSSR count). The van der Waals surface area contributed by atoms with Gasteiger partial charge < -0.3 is 4.74 Å². The Hall–Kier alpha value is -1.56. The van der Waals surface area contributed by atoms with Crippen LogP contribution < -0.4 is 15.6 Å². The zero-order valence-electron chi connectivity index (χ0n) is 13.8. The van der Waals surface area contributed by atoms with Crippen LogP contribution in [0.1, 0.15) is 51.5 Å². The molecule has 0 bridgehead atoms. The summed E-state index contributed by atoms with van der Waals surface area (Å²) in [5, 5.41) is 0. The lowest BCUT2D eigenvalue weighted by atomic mass is 10.1. The highest BCUT2D eigenvalue weighted by Gasteiger charge is 2.07. The van der Waals surface area contributed by atoms with E-state index in [1.165, 1.54) is 5.56 Å². The van der Waals surface area contributed by atoms with Crippen LogP contribution in [-0.4, -0.2) is 18.4 Å². The number of unbranched alkanes of at least 4 members (excludes halogenated alkanes) is 3. The summed E-state index contributed by atoms with van der Waals surface area (Å²) in [6.07, 6.45) is 5.48. The van der Waals surface area contributed by atoms with E-state index in [2.05, 4.69) is 40.6 Å². The molecule has 0 atom stereocenters. The van der Waals surface area contributed by atoms with Crippen molar-refractivity contribution in [1.29, 1.82) is 0 Å². The van der Waals surface area contributed by atoms with Crippen LogP contribution in [0.15, 0.2) is 22.7 Å². The van der Waals surface area contributed by atoms with Crippen LogP contribution in [0.4, 0.5) is 0 Å². The van der Waals surface area contributed by atoms with E-state index in [0.717, 1.165) is 36.6 Å². The summed E-state index contributed by atoms with van der Waals surface area (Å²) in [6, 6.07) is 5.74. The number of carbonyl (C=O) groups excluding carboxylic acids is 2. The lowest BCUT2D eigenvalue weighted by molar-refractivity contribution is -0.130. The molecule has 0 saturated carbocycles. The summed E-state index contributed by atoms with van der Waals surface area (Å²) in [6.45, 7) is 4.04. The SMILES string of the molecule is CCCCCCC(=O)NNC(=O)COc1ccc(CC)cc1Br. The molecule has 0 radical (unpaired) electrons. The highest BCUT2D eigenvalue weighted by atomic mass is 79.9. The molecule has 0 spiro atoms. The van der Waals surface area contributed by atoms with E-state index in [1.807, 2.05) is 18.2 Å². The number of hydrogen-bond donors (Lipinski definition) is 2. The Bertz CT molecular complexity index is 521. The molecule has 0 aliphatic heterocycles. The third-order valence-corrected chi connectivity index (χ3v) is 3.98. The maximum atomic E-state index is 11.7. The number of ether oxygens (including phenoxy) is 1. The van der Waals surface area contributed by atoms with Crippen LogP contribution in [0.25, 0.3) is 0 Å². The van der Waals surface area contributed by atoms with Crippen molar-refractivity contribution in [3.63, 3.8) is 0 Å². The van der Waals surface area contributed by atoms with Gasteiger partial charge in [0.05, 0.1) is 4.47 Å². The Morgan fingerprint density at radius 1 is 1.09 bits per heavy atom. The average Bonchev–Trinajstić information content (AvgIpc) is 2.55.